The number of carbonyl (C=O) groups is 1. The van der Waals surface area contributed by atoms with Crippen LogP contribution in [0.5, 0.6) is 0 Å². The molecule has 0 radical (unpaired) electrons. The molecule has 0 aliphatic heterocycles. The quantitative estimate of drug-likeness (QED) is 0.310. The molecule has 0 spiro atoms. The number of nitrogens with one attached hydrogen (secondary N) is 1. The summed E-state index contributed by atoms with van der Waals surface area (Å²) < 4.78 is 5.11. The highest BCUT2D eigenvalue weighted by atomic mass is 16.6. The number of azide groups is 1. The first-order chi connectivity index (χ1) is 8.45. The lowest BCUT2D eigenvalue weighted by Crippen LogP contribution is -2.32. The van der Waals surface area contributed by atoms with E-state index in [2.05, 4.69) is 15.3 Å². The van der Waals surface area contributed by atoms with Crippen molar-refractivity contribution in [3.05, 3.63) is 10.4 Å². The molecule has 0 saturated heterocycles. The standard InChI is InChI=1S/C12H24N4O2/c1-12(2,3)18-11(17)14-9-7-5-4-6-8-10-15-16-13/h4-10H2,1-3H3,(H,14,17). The van der Waals surface area contributed by atoms with E-state index >= 15 is 0 Å². The van der Waals surface area contributed by atoms with E-state index in [0.717, 1.165) is 32.1 Å². The summed E-state index contributed by atoms with van der Waals surface area (Å²) in [4.78, 5) is 14.0. The van der Waals surface area contributed by atoms with Gasteiger partial charge >= 0.3 is 6.09 Å². The monoisotopic (exact) mass is 256 g/mol. The van der Waals surface area contributed by atoms with Crippen molar-refractivity contribution in [2.45, 2.75) is 58.5 Å². The minimum atomic E-state index is -0.439. The zero-order valence-corrected chi connectivity index (χ0v) is 11.6. The highest BCUT2D eigenvalue weighted by Crippen LogP contribution is 2.07. The summed E-state index contributed by atoms with van der Waals surface area (Å²) in [5, 5.41) is 6.19. The summed E-state index contributed by atoms with van der Waals surface area (Å²) in [6.07, 6.45) is 4.74. The van der Waals surface area contributed by atoms with Gasteiger partial charge in [0.1, 0.15) is 5.60 Å². The fourth-order valence-electron chi connectivity index (χ4n) is 1.39. The molecule has 0 bridgehead atoms. The van der Waals surface area contributed by atoms with Crippen molar-refractivity contribution >= 4 is 6.09 Å². The molecule has 0 heterocycles. The lowest BCUT2D eigenvalue weighted by molar-refractivity contribution is 0.0527. The average Bonchev–Trinajstić information content (AvgIpc) is 2.24. The summed E-state index contributed by atoms with van der Waals surface area (Å²) in [7, 11) is 0. The highest BCUT2D eigenvalue weighted by Gasteiger charge is 2.15. The van der Waals surface area contributed by atoms with E-state index in [9.17, 15) is 4.79 Å². The molecule has 0 fully saturated rings. The number of hydrogen-bond acceptors (Lipinski definition) is 3. The Hall–Kier alpha value is -1.42. The third kappa shape index (κ3) is 12.6. The lowest BCUT2D eigenvalue weighted by atomic mass is 10.1. The second-order valence-corrected chi connectivity index (χ2v) is 5.15. The van der Waals surface area contributed by atoms with Gasteiger partial charge < -0.3 is 10.1 Å². The predicted molar refractivity (Wildman–Crippen MR) is 71.3 cm³/mol. The number of nitrogens with zero attached hydrogens (tertiary/aromatic N) is 3. The number of unbranched alkanes of at least 4 members (excludes halogenated alkanes) is 4. The molecule has 0 saturated carbocycles. The van der Waals surface area contributed by atoms with Crippen LogP contribution < -0.4 is 5.32 Å². The van der Waals surface area contributed by atoms with Gasteiger partial charge in [0.15, 0.2) is 0 Å². The number of alkyl carbamates (subject to hydrolysis) is 1. The van der Waals surface area contributed by atoms with E-state index in [1.165, 1.54) is 0 Å². The van der Waals surface area contributed by atoms with Crippen LogP contribution in [0.15, 0.2) is 5.11 Å². The van der Waals surface area contributed by atoms with Crippen LogP contribution in [-0.4, -0.2) is 24.8 Å². The number of hydrogen-bond donors (Lipinski definition) is 1. The van der Waals surface area contributed by atoms with Gasteiger partial charge in [0.2, 0.25) is 0 Å². The molecule has 1 N–H and O–H groups in total. The number of carbonyl (C=O) groups excluding carboxylic acids is 1. The van der Waals surface area contributed by atoms with Crippen LogP contribution in [0.1, 0.15) is 52.9 Å². The molecule has 1 amide bonds. The first-order valence-corrected chi connectivity index (χ1v) is 6.43. The molecular weight excluding hydrogens is 232 g/mol. The van der Waals surface area contributed by atoms with Crippen molar-refractivity contribution < 1.29 is 9.53 Å². The second kappa shape index (κ2) is 9.59. The largest absolute Gasteiger partial charge is 0.444 e. The van der Waals surface area contributed by atoms with Gasteiger partial charge in [-0.25, -0.2) is 4.79 Å². The molecule has 0 unspecified atom stereocenters. The molecule has 0 atom stereocenters. The highest BCUT2D eigenvalue weighted by molar-refractivity contribution is 5.67. The average molecular weight is 256 g/mol. The summed E-state index contributed by atoms with van der Waals surface area (Å²) >= 11 is 0. The first-order valence-electron chi connectivity index (χ1n) is 6.43. The SMILES string of the molecule is CC(C)(C)OC(=O)NCCCCCCCN=[N+]=[N-]. The molecule has 0 aromatic heterocycles. The fourth-order valence-corrected chi connectivity index (χ4v) is 1.39. The molecule has 104 valence electrons. The van der Waals surface area contributed by atoms with Gasteiger partial charge in [-0.1, -0.05) is 24.4 Å². The van der Waals surface area contributed by atoms with Crippen LogP contribution in [0.25, 0.3) is 10.4 Å². The van der Waals surface area contributed by atoms with Crippen LogP contribution in [-0.2, 0) is 4.74 Å². The normalized spacial score (nSPS) is 10.6. The van der Waals surface area contributed by atoms with Crippen LogP contribution >= 0.6 is 0 Å². The van der Waals surface area contributed by atoms with E-state index in [1.807, 2.05) is 20.8 Å². The predicted octanol–water partition coefficient (Wildman–Crippen LogP) is 3.77. The van der Waals surface area contributed by atoms with Gasteiger partial charge in [0.05, 0.1) is 0 Å². The Balaban J connectivity index is 3.30. The maximum atomic E-state index is 11.3. The Morgan fingerprint density at radius 1 is 1.22 bits per heavy atom. The Bertz CT molecular complexity index is 280. The summed E-state index contributed by atoms with van der Waals surface area (Å²) in [6.45, 7) is 6.75. The van der Waals surface area contributed by atoms with Gasteiger partial charge in [-0.05, 0) is 39.1 Å². The number of ether oxygens (including phenoxy) is 1. The Labute approximate surface area is 109 Å². The van der Waals surface area contributed by atoms with Crippen LogP contribution in [0.3, 0.4) is 0 Å². The first kappa shape index (κ1) is 16.6. The topological polar surface area (TPSA) is 87.1 Å². The summed E-state index contributed by atoms with van der Waals surface area (Å²) in [6, 6.07) is 0. The number of rotatable bonds is 8. The van der Waals surface area contributed by atoms with E-state index in [0.29, 0.717) is 13.1 Å². The van der Waals surface area contributed by atoms with Crippen LogP contribution in [0.4, 0.5) is 4.79 Å². The zero-order chi connectivity index (χ0) is 13.9. The Morgan fingerprint density at radius 2 is 1.83 bits per heavy atom. The summed E-state index contributed by atoms with van der Waals surface area (Å²) in [5.74, 6) is 0. The van der Waals surface area contributed by atoms with Crippen molar-refractivity contribution in [3.8, 4) is 0 Å². The van der Waals surface area contributed by atoms with Crippen LogP contribution in [0.2, 0.25) is 0 Å². The van der Waals surface area contributed by atoms with Gasteiger partial charge in [-0.2, -0.15) is 0 Å². The molecule has 6 nitrogen and oxygen atoms in total. The molecule has 0 aliphatic rings. The molecule has 0 rings (SSSR count). The van der Waals surface area contributed by atoms with Crippen molar-refractivity contribution in [3.63, 3.8) is 0 Å². The van der Waals surface area contributed by atoms with Crippen molar-refractivity contribution in [1.29, 1.82) is 0 Å². The molecule has 0 aliphatic carbocycles. The number of amides is 1. The van der Waals surface area contributed by atoms with E-state index in [-0.39, 0.29) is 6.09 Å². The van der Waals surface area contributed by atoms with E-state index in [1.54, 1.807) is 0 Å². The fraction of sp³-hybridized carbons (Fsp3) is 0.917. The maximum absolute atomic E-state index is 11.3. The Morgan fingerprint density at radius 3 is 2.44 bits per heavy atom. The minimum absolute atomic E-state index is 0.356. The molecular formula is C12H24N4O2. The maximum Gasteiger partial charge on any atom is 0.407 e. The molecule has 6 heteroatoms. The van der Waals surface area contributed by atoms with Crippen molar-refractivity contribution in [1.82, 2.24) is 5.32 Å². The van der Waals surface area contributed by atoms with Gasteiger partial charge in [-0.3, -0.25) is 0 Å². The third-order valence-electron chi connectivity index (χ3n) is 2.17. The van der Waals surface area contributed by atoms with Gasteiger partial charge in [-0.15, -0.1) is 0 Å². The molecule has 0 aromatic rings. The van der Waals surface area contributed by atoms with Gasteiger partial charge in [0, 0.05) is 18.0 Å². The van der Waals surface area contributed by atoms with Crippen molar-refractivity contribution in [2.24, 2.45) is 5.11 Å². The van der Waals surface area contributed by atoms with E-state index < -0.39 is 5.60 Å². The van der Waals surface area contributed by atoms with Crippen LogP contribution in [0, 0.1) is 0 Å². The van der Waals surface area contributed by atoms with Gasteiger partial charge in [0.25, 0.3) is 0 Å². The molecule has 18 heavy (non-hydrogen) atoms. The summed E-state index contributed by atoms with van der Waals surface area (Å²) in [5.41, 5.74) is 7.64. The second-order valence-electron chi connectivity index (χ2n) is 5.15. The smallest absolute Gasteiger partial charge is 0.407 e. The lowest BCUT2D eigenvalue weighted by Gasteiger charge is -2.19. The zero-order valence-electron chi connectivity index (χ0n) is 11.6. The van der Waals surface area contributed by atoms with Crippen molar-refractivity contribution in [2.75, 3.05) is 13.1 Å². The minimum Gasteiger partial charge on any atom is -0.444 e. The molecule has 0 aromatic carbocycles. The van der Waals surface area contributed by atoms with E-state index in [4.69, 9.17) is 10.3 Å². The third-order valence-corrected chi connectivity index (χ3v) is 2.17. The Kier molecular flexibility index (Phi) is 8.84.